The summed E-state index contributed by atoms with van der Waals surface area (Å²) in [6.07, 6.45) is 8.16. The van der Waals surface area contributed by atoms with Gasteiger partial charge in [0.25, 0.3) is 0 Å². The Hall–Kier alpha value is -0.810. The molecule has 1 spiro atoms. The molecule has 0 heterocycles. The molecule has 3 saturated carbocycles. The normalized spacial score (nSPS) is 29.8. The fraction of sp³-hybridized carbons (Fsp3) is 0.941. The predicted octanol–water partition coefficient (Wildman–Crippen LogP) is 1.93. The Balaban J connectivity index is 1.37. The van der Waals surface area contributed by atoms with Crippen molar-refractivity contribution in [2.45, 2.75) is 57.6 Å². The van der Waals surface area contributed by atoms with Gasteiger partial charge in [-0.1, -0.05) is 6.42 Å². The second-order valence-corrected chi connectivity index (χ2v) is 6.98. The van der Waals surface area contributed by atoms with Crippen molar-refractivity contribution in [1.82, 2.24) is 10.6 Å². The molecule has 5 nitrogen and oxygen atoms in total. The number of nitrogens with zero attached hydrogens (tertiary/aromatic N) is 1. The van der Waals surface area contributed by atoms with Crippen molar-refractivity contribution in [3.8, 4) is 0 Å². The Bertz CT molecular complexity index is 391. The number of hydrogen-bond donors (Lipinski definition) is 2. The molecule has 0 aliphatic heterocycles. The highest BCUT2D eigenvalue weighted by Gasteiger charge is 2.59. The molecule has 3 aliphatic rings. The summed E-state index contributed by atoms with van der Waals surface area (Å²) in [4.78, 5) is 4.35. The van der Waals surface area contributed by atoms with Gasteiger partial charge in [-0.05, 0) is 44.9 Å². The van der Waals surface area contributed by atoms with Crippen molar-refractivity contribution >= 4 is 5.96 Å². The lowest BCUT2D eigenvalue weighted by Crippen LogP contribution is -2.68. The monoisotopic (exact) mass is 309 g/mol. The first-order valence-electron chi connectivity index (χ1n) is 8.95. The summed E-state index contributed by atoms with van der Waals surface area (Å²) in [5.41, 5.74) is 0.371. The SMILES string of the molecule is CCOC1CC(NC(=NC)NCCOCC2CC2)C12CCC2. The van der Waals surface area contributed by atoms with Gasteiger partial charge in [-0.3, -0.25) is 4.99 Å². The van der Waals surface area contributed by atoms with Gasteiger partial charge in [0.1, 0.15) is 0 Å². The topological polar surface area (TPSA) is 54.9 Å². The molecule has 0 radical (unpaired) electrons. The summed E-state index contributed by atoms with van der Waals surface area (Å²) in [6, 6.07) is 0.511. The maximum absolute atomic E-state index is 5.90. The van der Waals surface area contributed by atoms with Crippen LogP contribution in [0, 0.1) is 11.3 Å². The van der Waals surface area contributed by atoms with E-state index in [-0.39, 0.29) is 0 Å². The van der Waals surface area contributed by atoms with E-state index in [4.69, 9.17) is 9.47 Å². The molecular formula is C17H31N3O2. The second kappa shape index (κ2) is 7.18. The van der Waals surface area contributed by atoms with E-state index in [9.17, 15) is 0 Å². The number of ether oxygens (including phenoxy) is 2. The summed E-state index contributed by atoms with van der Waals surface area (Å²) < 4.78 is 11.6. The van der Waals surface area contributed by atoms with E-state index in [1.165, 1.54) is 32.1 Å². The van der Waals surface area contributed by atoms with Crippen LogP contribution in [0.1, 0.15) is 45.4 Å². The molecule has 2 atom stereocenters. The first-order chi connectivity index (χ1) is 10.8. The van der Waals surface area contributed by atoms with Gasteiger partial charge in [0.2, 0.25) is 0 Å². The van der Waals surface area contributed by atoms with Crippen LogP contribution in [-0.2, 0) is 9.47 Å². The molecule has 3 rings (SSSR count). The molecule has 0 aromatic heterocycles. The van der Waals surface area contributed by atoms with Gasteiger partial charge in [-0.15, -0.1) is 0 Å². The Morgan fingerprint density at radius 1 is 1.32 bits per heavy atom. The lowest BCUT2D eigenvalue weighted by molar-refractivity contribution is -0.168. The zero-order valence-corrected chi connectivity index (χ0v) is 14.1. The lowest BCUT2D eigenvalue weighted by atomic mass is 9.51. The van der Waals surface area contributed by atoms with Gasteiger partial charge in [-0.25, -0.2) is 0 Å². The number of hydrogen-bond acceptors (Lipinski definition) is 3. The number of guanidine groups is 1. The molecule has 3 aliphatic carbocycles. The Morgan fingerprint density at radius 3 is 2.73 bits per heavy atom. The zero-order valence-electron chi connectivity index (χ0n) is 14.1. The van der Waals surface area contributed by atoms with Crippen LogP contribution in [0.25, 0.3) is 0 Å². The minimum absolute atomic E-state index is 0.371. The second-order valence-electron chi connectivity index (χ2n) is 6.98. The molecule has 2 unspecified atom stereocenters. The van der Waals surface area contributed by atoms with Gasteiger partial charge in [0, 0.05) is 38.3 Å². The van der Waals surface area contributed by atoms with E-state index in [0.717, 1.165) is 44.7 Å². The molecule has 0 saturated heterocycles. The maximum Gasteiger partial charge on any atom is 0.191 e. The van der Waals surface area contributed by atoms with E-state index in [1.807, 2.05) is 7.05 Å². The van der Waals surface area contributed by atoms with Gasteiger partial charge >= 0.3 is 0 Å². The molecule has 0 aromatic carbocycles. The molecule has 22 heavy (non-hydrogen) atoms. The maximum atomic E-state index is 5.90. The molecule has 126 valence electrons. The van der Waals surface area contributed by atoms with Crippen LogP contribution < -0.4 is 10.6 Å². The van der Waals surface area contributed by atoms with Crippen LogP contribution in [0.2, 0.25) is 0 Å². The van der Waals surface area contributed by atoms with E-state index < -0.39 is 0 Å². The number of aliphatic imine (C=N–C) groups is 1. The summed E-state index contributed by atoms with van der Waals surface area (Å²) >= 11 is 0. The van der Waals surface area contributed by atoms with Crippen LogP contribution in [0.3, 0.4) is 0 Å². The van der Waals surface area contributed by atoms with Crippen LogP contribution in [0.4, 0.5) is 0 Å². The zero-order chi connectivity index (χ0) is 15.4. The van der Waals surface area contributed by atoms with Crippen LogP contribution in [-0.4, -0.2) is 51.5 Å². The summed E-state index contributed by atoms with van der Waals surface area (Å²) in [7, 11) is 1.84. The highest BCUT2D eigenvalue weighted by molar-refractivity contribution is 5.80. The van der Waals surface area contributed by atoms with E-state index >= 15 is 0 Å². The van der Waals surface area contributed by atoms with E-state index in [1.54, 1.807) is 0 Å². The summed E-state index contributed by atoms with van der Waals surface area (Å²) in [6.45, 7) is 5.42. The van der Waals surface area contributed by atoms with Crippen LogP contribution in [0.5, 0.6) is 0 Å². The summed E-state index contributed by atoms with van der Waals surface area (Å²) in [5.74, 6) is 1.74. The number of rotatable bonds is 8. The standard InChI is InChI=1S/C17H31N3O2/c1-3-22-15-11-14(17(15)7-4-8-17)20-16(18-2)19-9-10-21-12-13-5-6-13/h13-15H,3-12H2,1-2H3,(H2,18,19,20). The lowest BCUT2D eigenvalue weighted by Gasteiger charge is -2.61. The van der Waals surface area contributed by atoms with Gasteiger partial charge in [0.05, 0.1) is 12.7 Å². The highest BCUT2D eigenvalue weighted by Crippen LogP contribution is 2.57. The largest absolute Gasteiger partial charge is 0.379 e. The van der Waals surface area contributed by atoms with E-state index in [0.29, 0.717) is 17.6 Å². The van der Waals surface area contributed by atoms with Crippen molar-refractivity contribution in [3.05, 3.63) is 0 Å². The average molecular weight is 309 g/mol. The molecule has 2 N–H and O–H groups in total. The fourth-order valence-electron chi connectivity index (χ4n) is 3.78. The molecule has 5 heteroatoms. The number of nitrogens with one attached hydrogen (secondary N) is 2. The van der Waals surface area contributed by atoms with Crippen molar-refractivity contribution in [2.75, 3.05) is 33.4 Å². The molecule has 0 bridgehead atoms. The molecule has 0 amide bonds. The summed E-state index contributed by atoms with van der Waals surface area (Å²) in [5, 5.41) is 6.97. The molecule has 3 fully saturated rings. The molecular weight excluding hydrogens is 278 g/mol. The van der Waals surface area contributed by atoms with Gasteiger partial charge in [-0.2, -0.15) is 0 Å². The fourth-order valence-corrected chi connectivity index (χ4v) is 3.78. The van der Waals surface area contributed by atoms with Gasteiger partial charge < -0.3 is 20.1 Å². The Kier molecular flexibility index (Phi) is 5.24. The van der Waals surface area contributed by atoms with Crippen molar-refractivity contribution in [3.63, 3.8) is 0 Å². The predicted molar refractivity (Wildman–Crippen MR) is 88.1 cm³/mol. The smallest absolute Gasteiger partial charge is 0.191 e. The first kappa shape index (κ1) is 16.1. The third-order valence-electron chi connectivity index (χ3n) is 5.56. The van der Waals surface area contributed by atoms with Crippen molar-refractivity contribution in [1.29, 1.82) is 0 Å². The first-order valence-corrected chi connectivity index (χ1v) is 8.95. The Morgan fingerprint density at radius 2 is 2.14 bits per heavy atom. The highest BCUT2D eigenvalue weighted by atomic mass is 16.5. The average Bonchev–Trinajstić information content (AvgIpc) is 3.26. The molecule has 0 aromatic rings. The minimum atomic E-state index is 0.371. The quantitative estimate of drug-likeness (QED) is 0.409. The van der Waals surface area contributed by atoms with Crippen molar-refractivity contribution in [2.24, 2.45) is 16.3 Å². The van der Waals surface area contributed by atoms with Crippen molar-refractivity contribution < 1.29 is 9.47 Å². The Labute approximate surface area is 134 Å². The van der Waals surface area contributed by atoms with Crippen LogP contribution in [0.15, 0.2) is 4.99 Å². The van der Waals surface area contributed by atoms with E-state index in [2.05, 4.69) is 22.5 Å². The van der Waals surface area contributed by atoms with Crippen LogP contribution >= 0.6 is 0 Å². The third kappa shape index (κ3) is 3.40. The van der Waals surface area contributed by atoms with Gasteiger partial charge in [0.15, 0.2) is 5.96 Å². The third-order valence-corrected chi connectivity index (χ3v) is 5.56. The minimum Gasteiger partial charge on any atom is -0.379 e.